The van der Waals surface area contributed by atoms with E-state index in [-0.39, 0.29) is 13.0 Å². The van der Waals surface area contributed by atoms with Gasteiger partial charge in [0, 0.05) is 12.6 Å². The summed E-state index contributed by atoms with van der Waals surface area (Å²) < 4.78 is 9.85. The molecule has 0 spiro atoms. The molecule has 0 saturated carbocycles. The van der Waals surface area contributed by atoms with Gasteiger partial charge in [0.15, 0.2) is 0 Å². The molecular weight excluding hydrogens is 428 g/mol. The summed E-state index contributed by atoms with van der Waals surface area (Å²) in [6.07, 6.45) is 0.628. The van der Waals surface area contributed by atoms with Gasteiger partial charge in [-0.2, -0.15) is 0 Å². The summed E-state index contributed by atoms with van der Waals surface area (Å²) in [6.45, 7) is -0.701. The largest absolute Gasteiger partial charge is 0.467 e. The zero-order chi connectivity index (χ0) is 23.6. The van der Waals surface area contributed by atoms with E-state index < -0.39 is 36.7 Å². The van der Waals surface area contributed by atoms with Crippen LogP contribution in [0.4, 0.5) is 4.79 Å². The molecule has 1 heterocycles. The van der Waals surface area contributed by atoms with Crippen LogP contribution < -0.4 is 10.6 Å². The Morgan fingerprint density at radius 3 is 2.36 bits per heavy atom. The van der Waals surface area contributed by atoms with Crippen molar-refractivity contribution in [2.24, 2.45) is 0 Å². The van der Waals surface area contributed by atoms with E-state index in [9.17, 15) is 19.5 Å². The Kier molecular flexibility index (Phi) is 8.25. The lowest BCUT2D eigenvalue weighted by Crippen LogP contribution is -2.54. The molecule has 0 unspecified atom stereocenters. The molecule has 0 aliphatic rings. The smallest absolute Gasteiger partial charge is 0.408 e. The van der Waals surface area contributed by atoms with Crippen LogP contribution in [0.15, 0.2) is 60.8 Å². The Bertz CT molecular complexity index is 1110. The summed E-state index contributed by atoms with van der Waals surface area (Å²) in [7, 11) is 1.19. The highest BCUT2D eigenvalue weighted by Crippen LogP contribution is 2.10. The van der Waals surface area contributed by atoms with Crippen LogP contribution in [0.25, 0.3) is 11.0 Å². The van der Waals surface area contributed by atoms with Crippen LogP contribution in [-0.2, 0) is 32.1 Å². The van der Waals surface area contributed by atoms with Crippen LogP contribution in [0.3, 0.4) is 0 Å². The number of rotatable bonds is 9. The Balaban J connectivity index is 1.62. The van der Waals surface area contributed by atoms with Crippen LogP contribution in [-0.4, -0.2) is 58.8 Å². The minimum absolute atomic E-state index is 0.00212. The van der Waals surface area contributed by atoms with Crippen molar-refractivity contribution in [3.8, 4) is 0 Å². The number of amides is 2. The standard InChI is InChI=1S/C23H24N4O6/c1-32-22(30)19(11-16-12-24-17-9-5-6-10-18(17)25-16)26-21(29)20(13-28)27-23(31)33-14-15-7-3-2-4-8-15/h2-10,12,19-20,28H,11,13-14H2,1H3,(H,26,29)(H,27,31)/t19-,20-/m0/s1. The van der Waals surface area contributed by atoms with E-state index in [0.29, 0.717) is 16.7 Å². The molecule has 0 bridgehead atoms. The van der Waals surface area contributed by atoms with Gasteiger partial charge in [-0.05, 0) is 17.7 Å². The van der Waals surface area contributed by atoms with Gasteiger partial charge in [0.25, 0.3) is 0 Å². The van der Waals surface area contributed by atoms with Gasteiger partial charge in [0.05, 0.1) is 30.4 Å². The number of carbonyl (C=O) groups excluding carboxylic acids is 3. The van der Waals surface area contributed by atoms with Crippen LogP contribution >= 0.6 is 0 Å². The molecule has 172 valence electrons. The third-order valence-electron chi connectivity index (χ3n) is 4.72. The molecule has 33 heavy (non-hydrogen) atoms. The van der Waals surface area contributed by atoms with Crippen molar-refractivity contribution in [3.05, 3.63) is 72.1 Å². The van der Waals surface area contributed by atoms with Gasteiger partial charge < -0.3 is 25.2 Å². The summed E-state index contributed by atoms with van der Waals surface area (Å²) in [5, 5.41) is 14.3. The molecule has 0 fully saturated rings. The molecule has 2 aromatic carbocycles. The number of hydrogen-bond donors (Lipinski definition) is 3. The van der Waals surface area contributed by atoms with Gasteiger partial charge >= 0.3 is 12.1 Å². The van der Waals surface area contributed by atoms with Gasteiger partial charge in [-0.15, -0.1) is 0 Å². The third-order valence-corrected chi connectivity index (χ3v) is 4.72. The predicted molar refractivity (Wildman–Crippen MR) is 118 cm³/mol. The number of aromatic nitrogens is 2. The summed E-state index contributed by atoms with van der Waals surface area (Å²) >= 11 is 0. The van der Waals surface area contributed by atoms with Crippen LogP contribution in [0.1, 0.15) is 11.3 Å². The van der Waals surface area contributed by atoms with Crippen LogP contribution in [0.2, 0.25) is 0 Å². The lowest BCUT2D eigenvalue weighted by Gasteiger charge is -2.20. The number of nitrogens with zero attached hydrogens (tertiary/aromatic N) is 2. The zero-order valence-electron chi connectivity index (χ0n) is 17.9. The number of esters is 1. The maximum atomic E-state index is 12.6. The Morgan fingerprint density at radius 1 is 0.970 bits per heavy atom. The number of methoxy groups -OCH3 is 1. The van der Waals surface area contributed by atoms with Gasteiger partial charge in [-0.1, -0.05) is 42.5 Å². The molecule has 0 aliphatic heterocycles. The minimum atomic E-state index is -1.33. The van der Waals surface area contributed by atoms with Crippen molar-refractivity contribution in [3.63, 3.8) is 0 Å². The van der Waals surface area contributed by atoms with E-state index in [2.05, 4.69) is 20.6 Å². The van der Waals surface area contributed by atoms with E-state index in [1.54, 1.807) is 36.4 Å². The average molecular weight is 452 g/mol. The second kappa shape index (κ2) is 11.5. The first-order chi connectivity index (χ1) is 16.0. The maximum absolute atomic E-state index is 12.6. The predicted octanol–water partition coefficient (Wildman–Crippen LogP) is 1.12. The summed E-state index contributed by atoms with van der Waals surface area (Å²) in [4.78, 5) is 45.7. The van der Waals surface area contributed by atoms with Gasteiger partial charge in [0.1, 0.15) is 18.7 Å². The molecule has 2 amide bonds. The normalized spacial score (nSPS) is 12.4. The van der Waals surface area contributed by atoms with Crippen molar-refractivity contribution in [2.45, 2.75) is 25.1 Å². The van der Waals surface area contributed by atoms with Gasteiger partial charge in [-0.25, -0.2) is 14.6 Å². The van der Waals surface area contributed by atoms with Crippen LogP contribution in [0, 0.1) is 0 Å². The summed E-state index contributed by atoms with van der Waals surface area (Å²) in [6, 6.07) is 13.8. The Labute approximate surface area is 189 Å². The summed E-state index contributed by atoms with van der Waals surface area (Å²) in [5.41, 5.74) is 2.56. The van der Waals surface area contributed by atoms with E-state index >= 15 is 0 Å². The number of aliphatic hydroxyl groups is 1. The fourth-order valence-corrected chi connectivity index (χ4v) is 3.01. The van der Waals surface area contributed by atoms with Crippen molar-refractivity contribution in [1.82, 2.24) is 20.6 Å². The van der Waals surface area contributed by atoms with Gasteiger partial charge in [-0.3, -0.25) is 9.78 Å². The van der Waals surface area contributed by atoms with Crippen molar-refractivity contribution in [1.29, 1.82) is 0 Å². The topological polar surface area (TPSA) is 140 Å². The molecule has 2 atom stereocenters. The van der Waals surface area contributed by atoms with Crippen molar-refractivity contribution < 1.29 is 29.0 Å². The number of carbonyl (C=O) groups is 3. The Morgan fingerprint density at radius 2 is 1.67 bits per heavy atom. The highest BCUT2D eigenvalue weighted by Gasteiger charge is 2.28. The van der Waals surface area contributed by atoms with Gasteiger partial charge in [0.2, 0.25) is 5.91 Å². The van der Waals surface area contributed by atoms with E-state index in [1.165, 1.54) is 13.3 Å². The highest BCUT2D eigenvalue weighted by atomic mass is 16.5. The maximum Gasteiger partial charge on any atom is 0.408 e. The highest BCUT2D eigenvalue weighted by molar-refractivity contribution is 5.89. The number of aliphatic hydroxyl groups excluding tert-OH is 1. The second-order valence-corrected chi connectivity index (χ2v) is 7.08. The number of nitrogens with one attached hydrogen (secondary N) is 2. The third kappa shape index (κ3) is 6.71. The molecule has 10 nitrogen and oxygen atoms in total. The van der Waals surface area contributed by atoms with Crippen molar-refractivity contribution >= 4 is 29.0 Å². The molecule has 0 aliphatic carbocycles. The number of ether oxygens (including phenoxy) is 2. The number of benzene rings is 2. The van der Waals surface area contributed by atoms with E-state index in [0.717, 1.165) is 5.56 Å². The molecule has 0 saturated heterocycles. The summed E-state index contributed by atoms with van der Waals surface area (Å²) in [5.74, 6) is -1.49. The fraction of sp³-hybridized carbons (Fsp3) is 0.261. The number of alkyl carbamates (subject to hydrolysis) is 1. The number of para-hydroxylation sites is 2. The molecule has 3 N–H and O–H groups in total. The number of hydrogen-bond acceptors (Lipinski definition) is 8. The first-order valence-electron chi connectivity index (χ1n) is 10.2. The second-order valence-electron chi connectivity index (χ2n) is 7.08. The average Bonchev–Trinajstić information content (AvgIpc) is 2.85. The lowest BCUT2D eigenvalue weighted by atomic mass is 10.1. The lowest BCUT2D eigenvalue weighted by molar-refractivity contribution is -0.145. The van der Waals surface area contributed by atoms with E-state index in [4.69, 9.17) is 9.47 Å². The van der Waals surface area contributed by atoms with Crippen LogP contribution in [0.5, 0.6) is 0 Å². The molecule has 3 rings (SSSR count). The molecule has 0 radical (unpaired) electrons. The monoisotopic (exact) mass is 452 g/mol. The molecule has 10 heteroatoms. The molecule has 1 aromatic heterocycles. The molecule has 3 aromatic rings. The Hall–Kier alpha value is -4.05. The first-order valence-corrected chi connectivity index (χ1v) is 10.2. The fourth-order valence-electron chi connectivity index (χ4n) is 3.01. The van der Waals surface area contributed by atoms with Crippen molar-refractivity contribution in [2.75, 3.05) is 13.7 Å². The van der Waals surface area contributed by atoms with E-state index in [1.807, 2.05) is 18.2 Å². The first kappa shape index (κ1) is 23.6. The quantitative estimate of drug-likeness (QED) is 0.410. The minimum Gasteiger partial charge on any atom is -0.467 e. The molecular formula is C23H24N4O6. The SMILES string of the molecule is COC(=O)[C@H](Cc1cnc2ccccc2n1)NC(=O)[C@H](CO)NC(=O)OCc1ccccc1. The number of fused-ring (bicyclic) bond motifs is 1. The zero-order valence-corrected chi connectivity index (χ0v) is 17.9.